The second kappa shape index (κ2) is 9.87. The SMILES string of the molecule is COc1ccc([C@@H]2C(=C(O)c3ccc(OC)c(C)c3)C(=O)C(=O)N2CCCN(C)C)cc1. The number of rotatable bonds is 8. The van der Waals surface area contributed by atoms with Gasteiger partial charge in [-0.15, -0.1) is 0 Å². The van der Waals surface area contributed by atoms with E-state index in [4.69, 9.17) is 9.47 Å². The van der Waals surface area contributed by atoms with Crippen LogP contribution in [0.1, 0.15) is 29.2 Å². The van der Waals surface area contributed by atoms with Gasteiger partial charge in [0.15, 0.2) is 0 Å². The van der Waals surface area contributed by atoms with Crippen LogP contribution in [0.4, 0.5) is 0 Å². The van der Waals surface area contributed by atoms with Crippen molar-refractivity contribution in [3.63, 3.8) is 0 Å². The zero-order valence-electron chi connectivity index (χ0n) is 19.2. The molecular formula is C25H30N2O5. The molecule has 32 heavy (non-hydrogen) atoms. The van der Waals surface area contributed by atoms with Gasteiger partial charge < -0.3 is 24.4 Å². The predicted molar refractivity (Wildman–Crippen MR) is 123 cm³/mol. The summed E-state index contributed by atoms with van der Waals surface area (Å²) in [7, 11) is 7.07. The van der Waals surface area contributed by atoms with Gasteiger partial charge in [-0.25, -0.2) is 0 Å². The van der Waals surface area contributed by atoms with Gasteiger partial charge in [0, 0.05) is 12.1 Å². The fourth-order valence-electron chi connectivity index (χ4n) is 3.98. The van der Waals surface area contributed by atoms with Crippen molar-refractivity contribution in [2.75, 3.05) is 41.4 Å². The molecule has 7 heteroatoms. The Balaban J connectivity index is 2.10. The van der Waals surface area contributed by atoms with E-state index in [1.54, 1.807) is 49.5 Å². The molecule has 3 rings (SSSR count). The quantitative estimate of drug-likeness (QED) is 0.387. The lowest BCUT2D eigenvalue weighted by Crippen LogP contribution is -2.32. The van der Waals surface area contributed by atoms with Gasteiger partial charge in [0.25, 0.3) is 11.7 Å². The van der Waals surface area contributed by atoms with Crippen molar-refractivity contribution in [1.29, 1.82) is 0 Å². The number of likely N-dealkylation sites (tertiary alicyclic amines) is 1. The number of Topliss-reactive ketones (excluding diaryl/α,β-unsaturated/α-hetero) is 1. The van der Waals surface area contributed by atoms with Gasteiger partial charge in [0.1, 0.15) is 17.3 Å². The van der Waals surface area contributed by atoms with E-state index >= 15 is 0 Å². The molecule has 1 aliphatic heterocycles. The average Bonchev–Trinajstić information content (AvgIpc) is 3.03. The van der Waals surface area contributed by atoms with E-state index in [1.165, 1.54) is 0 Å². The number of aliphatic hydroxyl groups is 1. The molecule has 1 atom stereocenters. The van der Waals surface area contributed by atoms with Gasteiger partial charge in [0.05, 0.1) is 25.8 Å². The number of ketones is 1. The molecule has 1 saturated heterocycles. The van der Waals surface area contributed by atoms with Gasteiger partial charge in [-0.05, 0) is 75.4 Å². The summed E-state index contributed by atoms with van der Waals surface area (Å²) in [6, 6.07) is 11.7. The zero-order chi connectivity index (χ0) is 23.4. The molecule has 7 nitrogen and oxygen atoms in total. The monoisotopic (exact) mass is 438 g/mol. The van der Waals surface area contributed by atoms with Gasteiger partial charge >= 0.3 is 0 Å². The van der Waals surface area contributed by atoms with Crippen LogP contribution in [0.15, 0.2) is 48.0 Å². The van der Waals surface area contributed by atoms with Crippen molar-refractivity contribution in [1.82, 2.24) is 9.80 Å². The van der Waals surface area contributed by atoms with Crippen molar-refractivity contribution in [3.05, 3.63) is 64.7 Å². The maximum atomic E-state index is 13.1. The number of nitrogens with zero attached hydrogens (tertiary/aromatic N) is 2. The first-order valence-corrected chi connectivity index (χ1v) is 10.5. The fourth-order valence-corrected chi connectivity index (χ4v) is 3.98. The van der Waals surface area contributed by atoms with Gasteiger partial charge in [-0.3, -0.25) is 9.59 Å². The van der Waals surface area contributed by atoms with Gasteiger partial charge in [-0.1, -0.05) is 12.1 Å². The van der Waals surface area contributed by atoms with Crippen molar-refractivity contribution in [3.8, 4) is 11.5 Å². The molecule has 0 unspecified atom stereocenters. The van der Waals surface area contributed by atoms with Crippen LogP contribution >= 0.6 is 0 Å². The number of ether oxygens (including phenoxy) is 2. The molecule has 0 aliphatic carbocycles. The smallest absolute Gasteiger partial charge is 0.295 e. The molecule has 2 aromatic rings. The summed E-state index contributed by atoms with van der Waals surface area (Å²) >= 11 is 0. The van der Waals surface area contributed by atoms with Crippen LogP contribution in [0.5, 0.6) is 11.5 Å². The molecule has 1 aliphatic rings. The van der Waals surface area contributed by atoms with E-state index in [0.29, 0.717) is 30.0 Å². The molecule has 1 N–H and O–H groups in total. The number of benzene rings is 2. The molecule has 0 spiro atoms. The summed E-state index contributed by atoms with van der Waals surface area (Å²) in [5.41, 5.74) is 2.11. The lowest BCUT2D eigenvalue weighted by atomic mass is 9.94. The summed E-state index contributed by atoms with van der Waals surface area (Å²) in [5.74, 6) is -0.121. The van der Waals surface area contributed by atoms with Crippen LogP contribution in [0.2, 0.25) is 0 Å². The normalized spacial score (nSPS) is 17.8. The summed E-state index contributed by atoms with van der Waals surface area (Å²) in [6.07, 6.45) is 0.703. The van der Waals surface area contributed by atoms with Crippen molar-refractivity contribution < 1.29 is 24.2 Å². The van der Waals surface area contributed by atoms with E-state index in [-0.39, 0.29) is 11.3 Å². The van der Waals surface area contributed by atoms with E-state index < -0.39 is 17.7 Å². The average molecular weight is 439 g/mol. The number of aryl methyl sites for hydroxylation is 1. The Bertz CT molecular complexity index is 1030. The minimum absolute atomic E-state index is 0.0922. The Morgan fingerprint density at radius 2 is 1.75 bits per heavy atom. The third-order valence-electron chi connectivity index (χ3n) is 5.64. The van der Waals surface area contributed by atoms with Crippen LogP contribution in [-0.2, 0) is 9.59 Å². The Morgan fingerprint density at radius 1 is 1.06 bits per heavy atom. The Hall–Kier alpha value is -3.32. The van der Waals surface area contributed by atoms with Crippen LogP contribution < -0.4 is 9.47 Å². The number of hydrogen-bond acceptors (Lipinski definition) is 6. The minimum atomic E-state index is -0.679. The first-order valence-electron chi connectivity index (χ1n) is 10.5. The molecule has 1 fully saturated rings. The maximum Gasteiger partial charge on any atom is 0.295 e. The third kappa shape index (κ3) is 4.62. The molecule has 2 aromatic carbocycles. The minimum Gasteiger partial charge on any atom is -0.507 e. The largest absolute Gasteiger partial charge is 0.507 e. The second-order valence-electron chi connectivity index (χ2n) is 8.11. The van der Waals surface area contributed by atoms with Crippen molar-refractivity contribution in [2.24, 2.45) is 0 Å². The number of amides is 1. The van der Waals surface area contributed by atoms with Crippen LogP contribution in [-0.4, -0.2) is 68.0 Å². The Morgan fingerprint density at radius 3 is 2.31 bits per heavy atom. The van der Waals surface area contributed by atoms with Crippen LogP contribution in [0.25, 0.3) is 5.76 Å². The molecule has 0 saturated carbocycles. The summed E-state index contributed by atoms with van der Waals surface area (Å²) < 4.78 is 10.5. The lowest BCUT2D eigenvalue weighted by molar-refractivity contribution is -0.139. The standard InChI is InChI=1S/C25H30N2O5/c1-16-15-18(9-12-20(16)32-5)23(28)21-22(17-7-10-19(31-4)11-8-17)27(25(30)24(21)29)14-6-13-26(2)3/h7-12,15,22,28H,6,13-14H2,1-5H3/t22-/m1/s1. The number of hydrogen-bond donors (Lipinski definition) is 1. The Kier molecular flexibility index (Phi) is 7.20. The van der Waals surface area contributed by atoms with E-state index in [0.717, 1.165) is 17.7 Å². The lowest BCUT2D eigenvalue weighted by Gasteiger charge is -2.26. The molecule has 170 valence electrons. The number of carbonyl (C=O) groups is 2. The zero-order valence-corrected chi connectivity index (χ0v) is 19.2. The first kappa shape index (κ1) is 23.3. The summed E-state index contributed by atoms with van der Waals surface area (Å²) in [5, 5.41) is 11.2. The number of aliphatic hydroxyl groups excluding tert-OH is 1. The summed E-state index contributed by atoms with van der Waals surface area (Å²) in [4.78, 5) is 29.6. The highest BCUT2D eigenvalue weighted by Crippen LogP contribution is 2.40. The third-order valence-corrected chi connectivity index (χ3v) is 5.64. The van der Waals surface area contributed by atoms with Gasteiger partial charge in [0.2, 0.25) is 0 Å². The molecular weight excluding hydrogens is 408 g/mol. The molecule has 0 radical (unpaired) electrons. The highest BCUT2D eigenvalue weighted by Gasteiger charge is 2.45. The topological polar surface area (TPSA) is 79.3 Å². The second-order valence-corrected chi connectivity index (χ2v) is 8.11. The molecule has 0 aromatic heterocycles. The first-order chi connectivity index (χ1) is 15.3. The predicted octanol–water partition coefficient (Wildman–Crippen LogP) is 3.39. The highest BCUT2D eigenvalue weighted by atomic mass is 16.5. The van der Waals surface area contributed by atoms with Crippen molar-refractivity contribution >= 4 is 17.4 Å². The van der Waals surface area contributed by atoms with Crippen molar-refractivity contribution in [2.45, 2.75) is 19.4 Å². The van der Waals surface area contributed by atoms with Gasteiger partial charge in [-0.2, -0.15) is 0 Å². The molecule has 1 amide bonds. The number of methoxy groups -OCH3 is 2. The van der Waals surface area contributed by atoms with E-state index in [2.05, 4.69) is 0 Å². The fraction of sp³-hybridized carbons (Fsp3) is 0.360. The molecule has 1 heterocycles. The maximum absolute atomic E-state index is 13.1. The van der Waals surface area contributed by atoms with Crippen LogP contribution in [0, 0.1) is 6.92 Å². The highest BCUT2D eigenvalue weighted by molar-refractivity contribution is 6.46. The Labute approximate surface area is 188 Å². The van der Waals surface area contributed by atoms with Crippen LogP contribution in [0.3, 0.4) is 0 Å². The number of carbonyl (C=O) groups excluding carboxylic acids is 2. The summed E-state index contributed by atoms with van der Waals surface area (Å²) in [6.45, 7) is 3.03. The molecule has 0 bridgehead atoms. The van der Waals surface area contributed by atoms with E-state index in [1.807, 2.05) is 38.1 Å². The van der Waals surface area contributed by atoms with E-state index in [9.17, 15) is 14.7 Å².